The number of H-pyrrole nitrogens is 1. The van der Waals surface area contributed by atoms with Crippen LogP contribution in [-0.4, -0.2) is 35.5 Å². The molecule has 0 saturated carbocycles. The van der Waals surface area contributed by atoms with E-state index in [9.17, 15) is 4.79 Å². The summed E-state index contributed by atoms with van der Waals surface area (Å²) >= 11 is 0. The van der Waals surface area contributed by atoms with Crippen LogP contribution in [0.1, 0.15) is 23.3 Å². The fourth-order valence-corrected chi connectivity index (χ4v) is 1.71. The van der Waals surface area contributed by atoms with Gasteiger partial charge >= 0.3 is 0 Å². The molecule has 1 aliphatic heterocycles. The van der Waals surface area contributed by atoms with E-state index in [0.717, 1.165) is 25.9 Å². The molecule has 1 amide bonds. The molecule has 0 aliphatic carbocycles. The van der Waals surface area contributed by atoms with E-state index in [4.69, 9.17) is 0 Å². The molecular weight excluding hydrogens is 204 g/mol. The predicted octanol–water partition coefficient (Wildman–Crippen LogP) is 0.449. The van der Waals surface area contributed by atoms with E-state index in [-0.39, 0.29) is 5.91 Å². The standard InChI is InChI=1S/C11H16N4O/c16-11(10-7-13-8-15-10)14-6-3-9-1-4-12-5-2-9/h1,7-8,12H,2-6H2,(H,13,15)(H,14,16). The SMILES string of the molecule is O=C(NCCC1=CCNCC1)c1cnc[nH]1. The predicted molar refractivity (Wildman–Crippen MR) is 61.1 cm³/mol. The van der Waals surface area contributed by atoms with Crippen LogP contribution in [0.2, 0.25) is 0 Å². The molecule has 3 N–H and O–H groups in total. The van der Waals surface area contributed by atoms with Crippen molar-refractivity contribution in [2.45, 2.75) is 12.8 Å². The van der Waals surface area contributed by atoms with Crippen LogP contribution in [0, 0.1) is 0 Å². The Morgan fingerprint density at radius 3 is 3.19 bits per heavy atom. The van der Waals surface area contributed by atoms with Gasteiger partial charge in [-0.3, -0.25) is 4.79 Å². The summed E-state index contributed by atoms with van der Waals surface area (Å²) in [6, 6.07) is 0. The summed E-state index contributed by atoms with van der Waals surface area (Å²) in [6.45, 7) is 2.67. The molecule has 2 heterocycles. The fourth-order valence-electron chi connectivity index (χ4n) is 1.71. The van der Waals surface area contributed by atoms with E-state index in [1.54, 1.807) is 0 Å². The first-order valence-corrected chi connectivity index (χ1v) is 5.51. The van der Waals surface area contributed by atoms with Crippen LogP contribution in [0.3, 0.4) is 0 Å². The van der Waals surface area contributed by atoms with Gasteiger partial charge in [0.2, 0.25) is 0 Å². The minimum atomic E-state index is -0.0907. The van der Waals surface area contributed by atoms with Crippen molar-refractivity contribution in [2.24, 2.45) is 0 Å². The number of carbonyl (C=O) groups excluding carboxylic acids is 1. The van der Waals surface area contributed by atoms with Gasteiger partial charge in [0.1, 0.15) is 5.69 Å². The number of hydrogen-bond donors (Lipinski definition) is 3. The molecule has 2 rings (SSSR count). The summed E-state index contributed by atoms with van der Waals surface area (Å²) in [7, 11) is 0. The summed E-state index contributed by atoms with van der Waals surface area (Å²) in [5.74, 6) is -0.0907. The van der Waals surface area contributed by atoms with Gasteiger partial charge in [0.05, 0.1) is 12.5 Å². The number of nitrogens with zero attached hydrogens (tertiary/aromatic N) is 1. The first kappa shape index (κ1) is 10.9. The quantitative estimate of drug-likeness (QED) is 0.645. The number of amides is 1. The third kappa shape index (κ3) is 2.93. The third-order valence-electron chi connectivity index (χ3n) is 2.63. The number of aromatic nitrogens is 2. The van der Waals surface area contributed by atoms with Gasteiger partial charge in [-0.15, -0.1) is 0 Å². The van der Waals surface area contributed by atoms with E-state index < -0.39 is 0 Å². The molecule has 0 bridgehead atoms. The Morgan fingerprint density at radius 2 is 2.50 bits per heavy atom. The lowest BCUT2D eigenvalue weighted by Gasteiger charge is -2.13. The number of nitrogens with one attached hydrogen (secondary N) is 3. The lowest BCUT2D eigenvalue weighted by molar-refractivity contribution is 0.0949. The van der Waals surface area contributed by atoms with Gasteiger partial charge in [0.15, 0.2) is 0 Å². The van der Waals surface area contributed by atoms with Crippen LogP contribution in [-0.2, 0) is 0 Å². The van der Waals surface area contributed by atoms with Gasteiger partial charge in [-0.2, -0.15) is 0 Å². The molecule has 86 valence electrons. The highest BCUT2D eigenvalue weighted by atomic mass is 16.1. The minimum Gasteiger partial charge on any atom is -0.350 e. The Bertz CT molecular complexity index is 369. The second kappa shape index (κ2) is 5.46. The van der Waals surface area contributed by atoms with Crippen molar-refractivity contribution in [3.8, 4) is 0 Å². The average molecular weight is 220 g/mol. The van der Waals surface area contributed by atoms with Gasteiger partial charge in [-0.1, -0.05) is 11.6 Å². The van der Waals surface area contributed by atoms with Gasteiger partial charge in [0, 0.05) is 13.1 Å². The molecule has 0 unspecified atom stereocenters. The molecule has 0 aromatic carbocycles. The van der Waals surface area contributed by atoms with Gasteiger partial charge in [-0.25, -0.2) is 4.98 Å². The first-order valence-electron chi connectivity index (χ1n) is 5.51. The molecule has 16 heavy (non-hydrogen) atoms. The van der Waals surface area contributed by atoms with Crippen molar-refractivity contribution in [3.63, 3.8) is 0 Å². The third-order valence-corrected chi connectivity index (χ3v) is 2.63. The van der Waals surface area contributed by atoms with E-state index in [1.807, 2.05) is 0 Å². The maximum atomic E-state index is 11.5. The normalized spacial score (nSPS) is 15.6. The number of rotatable bonds is 4. The highest BCUT2D eigenvalue weighted by Gasteiger charge is 2.07. The van der Waals surface area contributed by atoms with Crippen molar-refractivity contribution in [2.75, 3.05) is 19.6 Å². The molecule has 0 fully saturated rings. The zero-order chi connectivity index (χ0) is 11.2. The van der Waals surface area contributed by atoms with E-state index in [2.05, 4.69) is 26.7 Å². The Morgan fingerprint density at radius 1 is 1.56 bits per heavy atom. The molecule has 1 aromatic rings. The number of imidazole rings is 1. The fraction of sp³-hybridized carbons (Fsp3) is 0.455. The molecule has 1 aliphatic rings. The molecule has 0 atom stereocenters. The van der Waals surface area contributed by atoms with E-state index in [1.165, 1.54) is 18.1 Å². The molecule has 1 aromatic heterocycles. The lowest BCUT2D eigenvalue weighted by atomic mass is 10.1. The van der Waals surface area contributed by atoms with Crippen molar-refractivity contribution in [3.05, 3.63) is 29.9 Å². The lowest BCUT2D eigenvalue weighted by Crippen LogP contribution is -2.26. The summed E-state index contributed by atoms with van der Waals surface area (Å²) in [4.78, 5) is 18.1. The number of carbonyl (C=O) groups is 1. The molecule has 5 heteroatoms. The van der Waals surface area contributed by atoms with Crippen molar-refractivity contribution in [1.82, 2.24) is 20.6 Å². The summed E-state index contributed by atoms with van der Waals surface area (Å²) in [6.07, 6.45) is 7.25. The van der Waals surface area contributed by atoms with Crippen LogP contribution in [0.25, 0.3) is 0 Å². The van der Waals surface area contributed by atoms with Gasteiger partial charge < -0.3 is 15.6 Å². The average Bonchev–Trinajstić information content (AvgIpc) is 2.84. The van der Waals surface area contributed by atoms with Crippen molar-refractivity contribution >= 4 is 5.91 Å². The topological polar surface area (TPSA) is 69.8 Å². The molecule has 0 saturated heterocycles. The van der Waals surface area contributed by atoms with Crippen LogP contribution in [0.15, 0.2) is 24.2 Å². The van der Waals surface area contributed by atoms with Crippen molar-refractivity contribution < 1.29 is 4.79 Å². The Labute approximate surface area is 94.3 Å². The second-order valence-electron chi connectivity index (χ2n) is 3.79. The maximum absolute atomic E-state index is 11.5. The monoisotopic (exact) mass is 220 g/mol. The van der Waals surface area contributed by atoms with Crippen molar-refractivity contribution in [1.29, 1.82) is 0 Å². The first-order chi connectivity index (χ1) is 7.86. The smallest absolute Gasteiger partial charge is 0.269 e. The van der Waals surface area contributed by atoms with Crippen LogP contribution in [0.4, 0.5) is 0 Å². The summed E-state index contributed by atoms with van der Waals surface area (Å²) < 4.78 is 0. The van der Waals surface area contributed by atoms with Crippen LogP contribution < -0.4 is 10.6 Å². The van der Waals surface area contributed by atoms with E-state index >= 15 is 0 Å². The molecule has 0 spiro atoms. The Balaban J connectivity index is 1.72. The molecule has 0 radical (unpaired) electrons. The zero-order valence-electron chi connectivity index (χ0n) is 9.12. The summed E-state index contributed by atoms with van der Waals surface area (Å²) in [5.41, 5.74) is 1.93. The maximum Gasteiger partial charge on any atom is 0.269 e. The highest BCUT2D eigenvalue weighted by molar-refractivity contribution is 5.91. The second-order valence-corrected chi connectivity index (χ2v) is 3.79. The summed E-state index contributed by atoms with van der Waals surface area (Å²) in [5, 5.41) is 6.12. The van der Waals surface area contributed by atoms with Crippen LogP contribution >= 0.6 is 0 Å². The largest absolute Gasteiger partial charge is 0.350 e. The molecule has 5 nitrogen and oxygen atoms in total. The Hall–Kier alpha value is -1.62. The molecular formula is C11H16N4O. The highest BCUT2D eigenvalue weighted by Crippen LogP contribution is 2.07. The number of hydrogen-bond acceptors (Lipinski definition) is 3. The van der Waals surface area contributed by atoms with Gasteiger partial charge in [-0.05, 0) is 19.4 Å². The van der Waals surface area contributed by atoms with Gasteiger partial charge in [0.25, 0.3) is 5.91 Å². The minimum absolute atomic E-state index is 0.0907. The number of aromatic amines is 1. The zero-order valence-corrected chi connectivity index (χ0v) is 9.12. The van der Waals surface area contributed by atoms with Crippen LogP contribution in [0.5, 0.6) is 0 Å². The van der Waals surface area contributed by atoms with E-state index in [0.29, 0.717) is 12.2 Å². The Kier molecular flexibility index (Phi) is 3.71.